The van der Waals surface area contributed by atoms with Gasteiger partial charge < -0.3 is 4.57 Å². The smallest absolute Gasteiger partial charge is 0.160 e. The average molecular weight is 306 g/mol. The van der Waals surface area contributed by atoms with E-state index in [4.69, 9.17) is 21.6 Å². The Balaban J connectivity index is 2.13. The molecule has 0 N–H and O–H groups in total. The monoisotopic (exact) mass is 305 g/mol. The van der Waals surface area contributed by atoms with E-state index in [-0.39, 0.29) is 0 Å². The van der Waals surface area contributed by atoms with Crippen LogP contribution < -0.4 is 0 Å². The lowest BCUT2D eigenvalue weighted by Crippen LogP contribution is -2.24. The molecule has 3 rings (SSSR count). The largest absolute Gasteiger partial charge is 0.309 e. The standard InChI is InChI=1S/C17H24ClN3/c1-3-13-6-4-5-7-15(13)21-16(10-11-18)20-14-9-8-12(2)19-17(14)21/h8-9,13,15H,3-7,10-11H2,1-2H3. The molecule has 1 aliphatic carbocycles. The number of pyridine rings is 1. The molecule has 0 bridgehead atoms. The van der Waals surface area contributed by atoms with Crippen LogP contribution in [0.25, 0.3) is 11.2 Å². The van der Waals surface area contributed by atoms with Crippen molar-refractivity contribution in [1.82, 2.24) is 14.5 Å². The van der Waals surface area contributed by atoms with Crippen LogP contribution in [0.2, 0.25) is 0 Å². The molecule has 21 heavy (non-hydrogen) atoms. The topological polar surface area (TPSA) is 30.7 Å². The Bertz CT molecular complexity index is 620. The van der Waals surface area contributed by atoms with Gasteiger partial charge in [0.2, 0.25) is 0 Å². The van der Waals surface area contributed by atoms with Gasteiger partial charge in [0.1, 0.15) is 11.3 Å². The molecule has 2 aromatic heterocycles. The summed E-state index contributed by atoms with van der Waals surface area (Å²) >= 11 is 6.00. The lowest BCUT2D eigenvalue weighted by molar-refractivity contribution is 0.232. The van der Waals surface area contributed by atoms with Crippen molar-refractivity contribution in [3.05, 3.63) is 23.7 Å². The Hall–Kier alpha value is -1.09. The number of hydrogen-bond acceptors (Lipinski definition) is 2. The van der Waals surface area contributed by atoms with Crippen LogP contribution in [0.4, 0.5) is 0 Å². The summed E-state index contributed by atoms with van der Waals surface area (Å²) in [6.07, 6.45) is 7.30. The van der Waals surface area contributed by atoms with E-state index in [1.807, 2.05) is 6.07 Å². The van der Waals surface area contributed by atoms with Gasteiger partial charge in [-0.3, -0.25) is 0 Å². The summed E-state index contributed by atoms with van der Waals surface area (Å²) in [5.74, 6) is 2.47. The third kappa shape index (κ3) is 2.80. The minimum atomic E-state index is 0.543. The summed E-state index contributed by atoms with van der Waals surface area (Å²) in [5.41, 5.74) is 3.13. The van der Waals surface area contributed by atoms with Crippen LogP contribution in [-0.2, 0) is 6.42 Å². The number of fused-ring (bicyclic) bond motifs is 1. The van der Waals surface area contributed by atoms with Gasteiger partial charge in [-0.25, -0.2) is 9.97 Å². The van der Waals surface area contributed by atoms with E-state index in [9.17, 15) is 0 Å². The normalized spacial score (nSPS) is 22.8. The van der Waals surface area contributed by atoms with E-state index >= 15 is 0 Å². The highest BCUT2D eigenvalue weighted by Crippen LogP contribution is 2.38. The average Bonchev–Trinajstić information content (AvgIpc) is 2.84. The van der Waals surface area contributed by atoms with Crippen molar-refractivity contribution in [3.63, 3.8) is 0 Å². The van der Waals surface area contributed by atoms with Crippen molar-refractivity contribution >= 4 is 22.8 Å². The van der Waals surface area contributed by atoms with Crippen molar-refractivity contribution in [2.24, 2.45) is 5.92 Å². The minimum absolute atomic E-state index is 0.543. The lowest BCUT2D eigenvalue weighted by Gasteiger charge is -2.33. The van der Waals surface area contributed by atoms with E-state index in [0.717, 1.165) is 35.0 Å². The Labute approximate surface area is 131 Å². The molecule has 0 spiro atoms. The predicted octanol–water partition coefficient (Wildman–Crippen LogP) is 4.66. The molecule has 4 heteroatoms. The van der Waals surface area contributed by atoms with Gasteiger partial charge >= 0.3 is 0 Å². The maximum absolute atomic E-state index is 6.00. The van der Waals surface area contributed by atoms with Crippen LogP contribution in [0.5, 0.6) is 0 Å². The van der Waals surface area contributed by atoms with Crippen molar-refractivity contribution in [2.75, 3.05) is 5.88 Å². The van der Waals surface area contributed by atoms with E-state index in [0.29, 0.717) is 11.9 Å². The number of nitrogens with zero attached hydrogens (tertiary/aromatic N) is 3. The quantitative estimate of drug-likeness (QED) is 0.769. The predicted molar refractivity (Wildman–Crippen MR) is 88.0 cm³/mol. The molecule has 1 saturated carbocycles. The first-order valence-corrected chi connectivity index (χ1v) is 8.68. The number of alkyl halides is 1. The first-order chi connectivity index (χ1) is 10.2. The molecule has 0 radical (unpaired) electrons. The first-order valence-electron chi connectivity index (χ1n) is 8.15. The Morgan fingerprint density at radius 1 is 1.24 bits per heavy atom. The second kappa shape index (κ2) is 6.35. The summed E-state index contributed by atoms with van der Waals surface area (Å²) in [4.78, 5) is 9.58. The maximum Gasteiger partial charge on any atom is 0.160 e. The summed E-state index contributed by atoms with van der Waals surface area (Å²) in [5, 5.41) is 0. The van der Waals surface area contributed by atoms with Gasteiger partial charge in [-0.2, -0.15) is 0 Å². The summed E-state index contributed by atoms with van der Waals surface area (Å²) in [6, 6.07) is 4.68. The van der Waals surface area contributed by atoms with Gasteiger partial charge in [0.15, 0.2) is 5.65 Å². The highest BCUT2D eigenvalue weighted by Gasteiger charge is 2.28. The molecule has 2 atom stereocenters. The highest BCUT2D eigenvalue weighted by molar-refractivity contribution is 6.17. The van der Waals surface area contributed by atoms with E-state index in [2.05, 4.69) is 24.5 Å². The zero-order chi connectivity index (χ0) is 14.8. The highest BCUT2D eigenvalue weighted by atomic mass is 35.5. The Morgan fingerprint density at radius 3 is 2.81 bits per heavy atom. The molecule has 2 heterocycles. The number of rotatable bonds is 4. The minimum Gasteiger partial charge on any atom is -0.309 e. The van der Waals surface area contributed by atoms with Gasteiger partial charge in [0.05, 0.1) is 0 Å². The third-order valence-electron chi connectivity index (χ3n) is 4.79. The molecule has 0 amide bonds. The maximum atomic E-state index is 6.00. The van der Waals surface area contributed by atoms with E-state index in [1.165, 1.54) is 32.1 Å². The SMILES string of the molecule is CCC1CCCCC1n1c(CCCl)nc2ccc(C)nc21. The third-order valence-corrected chi connectivity index (χ3v) is 4.98. The number of aryl methyl sites for hydroxylation is 2. The molecular formula is C17H24ClN3. The fourth-order valence-corrected chi connectivity index (χ4v) is 3.90. The lowest BCUT2D eigenvalue weighted by atomic mass is 9.82. The molecule has 1 fully saturated rings. The van der Waals surface area contributed by atoms with Crippen molar-refractivity contribution in [3.8, 4) is 0 Å². The van der Waals surface area contributed by atoms with Crippen LogP contribution in [0.15, 0.2) is 12.1 Å². The van der Waals surface area contributed by atoms with E-state index < -0.39 is 0 Å². The second-order valence-corrected chi connectivity index (χ2v) is 6.53. The molecule has 0 aromatic carbocycles. The Morgan fingerprint density at radius 2 is 2.05 bits per heavy atom. The summed E-state index contributed by atoms with van der Waals surface area (Å²) in [7, 11) is 0. The summed E-state index contributed by atoms with van der Waals surface area (Å²) in [6.45, 7) is 4.36. The van der Waals surface area contributed by atoms with Gasteiger partial charge in [-0.15, -0.1) is 11.6 Å². The zero-order valence-corrected chi connectivity index (χ0v) is 13.7. The number of halogens is 1. The van der Waals surface area contributed by atoms with E-state index in [1.54, 1.807) is 0 Å². The number of aromatic nitrogens is 3. The van der Waals surface area contributed by atoms with Gasteiger partial charge in [0, 0.05) is 24.0 Å². The first kappa shape index (κ1) is 14.8. The molecule has 0 aliphatic heterocycles. The second-order valence-electron chi connectivity index (χ2n) is 6.15. The zero-order valence-electron chi connectivity index (χ0n) is 13.0. The number of imidazole rings is 1. The van der Waals surface area contributed by atoms with Crippen LogP contribution in [0.1, 0.15) is 56.6 Å². The molecule has 2 unspecified atom stereocenters. The fourth-order valence-electron chi connectivity index (χ4n) is 3.73. The molecule has 114 valence electrons. The molecular weight excluding hydrogens is 282 g/mol. The molecule has 1 aliphatic rings. The molecule has 3 nitrogen and oxygen atoms in total. The Kier molecular flexibility index (Phi) is 4.48. The van der Waals surface area contributed by atoms with Crippen molar-refractivity contribution in [2.45, 2.75) is 58.4 Å². The van der Waals surface area contributed by atoms with Crippen LogP contribution in [0, 0.1) is 12.8 Å². The van der Waals surface area contributed by atoms with Crippen LogP contribution in [0.3, 0.4) is 0 Å². The molecule has 2 aromatic rings. The van der Waals surface area contributed by atoms with Crippen molar-refractivity contribution in [1.29, 1.82) is 0 Å². The van der Waals surface area contributed by atoms with Crippen LogP contribution >= 0.6 is 11.6 Å². The van der Waals surface area contributed by atoms with Gasteiger partial charge in [-0.05, 0) is 37.8 Å². The van der Waals surface area contributed by atoms with Gasteiger partial charge in [-0.1, -0.05) is 26.2 Å². The molecule has 0 saturated heterocycles. The number of hydrogen-bond donors (Lipinski definition) is 0. The fraction of sp³-hybridized carbons (Fsp3) is 0.647. The van der Waals surface area contributed by atoms with Crippen molar-refractivity contribution < 1.29 is 0 Å². The summed E-state index contributed by atoms with van der Waals surface area (Å²) < 4.78 is 2.41. The van der Waals surface area contributed by atoms with Gasteiger partial charge in [0.25, 0.3) is 0 Å². The van der Waals surface area contributed by atoms with Crippen LogP contribution in [-0.4, -0.2) is 20.4 Å².